The number of anilines is 1. The Labute approximate surface area is 157 Å². The Morgan fingerprint density at radius 2 is 1.96 bits per heavy atom. The lowest BCUT2D eigenvalue weighted by Crippen LogP contribution is -3.11. The van der Waals surface area contributed by atoms with Crippen LogP contribution in [-0.2, 0) is 0 Å². The van der Waals surface area contributed by atoms with Crippen LogP contribution in [0.1, 0.15) is 24.1 Å². The van der Waals surface area contributed by atoms with Crippen LogP contribution in [0.15, 0.2) is 22.6 Å². The molecule has 0 radical (unpaired) electrons. The molecule has 0 atom stereocenters. The molecule has 2 aromatic heterocycles. The summed E-state index contributed by atoms with van der Waals surface area (Å²) in [7, 11) is 2.25. The second-order valence-corrected chi connectivity index (χ2v) is 8.85. The number of nitrogens with zero attached hydrogens (tertiary/aromatic N) is 4. The molecule has 4 rings (SSSR count). The molecule has 0 unspecified atom stereocenters. The molecule has 2 fully saturated rings. The van der Waals surface area contributed by atoms with E-state index in [2.05, 4.69) is 34.5 Å². The van der Waals surface area contributed by atoms with E-state index in [1.807, 2.05) is 6.21 Å². The second-order valence-electron chi connectivity index (χ2n) is 6.89. The van der Waals surface area contributed by atoms with Gasteiger partial charge in [0.15, 0.2) is 5.13 Å². The standard InChI is InChI=1S/C18H25N5S2/c1-21-9-11-23(12-10-21)19-14-16-17(15-6-5-13-24-15)20-18(25-16)22-7-3-2-4-8-22/h5-6,13-14H,2-4,7-12H2,1H3/p+1/b19-14-. The van der Waals surface area contributed by atoms with Crippen molar-refractivity contribution < 1.29 is 4.90 Å². The van der Waals surface area contributed by atoms with Crippen LogP contribution in [-0.4, -0.2) is 62.5 Å². The van der Waals surface area contributed by atoms with E-state index < -0.39 is 0 Å². The van der Waals surface area contributed by atoms with Gasteiger partial charge in [-0.25, -0.2) is 4.98 Å². The van der Waals surface area contributed by atoms with Gasteiger partial charge in [-0.1, -0.05) is 17.4 Å². The van der Waals surface area contributed by atoms with Gasteiger partial charge in [0, 0.05) is 13.1 Å². The van der Waals surface area contributed by atoms with E-state index in [4.69, 9.17) is 10.1 Å². The number of aromatic nitrogens is 1. The molecule has 0 aliphatic carbocycles. The highest BCUT2D eigenvalue weighted by Crippen LogP contribution is 2.35. The van der Waals surface area contributed by atoms with Crippen molar-refractivity contribution in [2.45, 2.75) is 19.3 Å². The van der Waals surface area contributed by atoms with Crippen molar-refractivity contribution in [2.75, 3.05) is 51.2 Å². The average molecular weight is 377 g/mol. The predicted octanol–water partition coefficient (Wildman–Crippen LogP) is 2.03. The summed E-state index contributed by atoms with van der Waals surface area (Å²) in [5, 5.41) is 10.3. The van der Waals surface area contributed by atoms with Crippen molar-refractivity contribution in [3.8, 4) is 10.6 Å². The third-order valence-electron chi connectivity index (χ3n) is 4.95. The zero-order chi connectivity index (χ0) is 17.1. The lowest BCUT2D eigenvalue weighted by molar-refractivity contribution is -0.884. The van der Waals surface area contributed by atoms with E-state index in [1.165, 1.54) is 29.0 Å². The minimum absolute atomic E-state index is 1.04. The molecule has 2 aromatic rings. The van der Waals surface area contributed by atoms with Gasteiger partial charge in [-0.2, -0.15) is 5.10 Å². The Balaban J connectivity index is 1.57. The second kappa shape index (κ2) is 7.85. The predicted molar refractivity (Wildman–Crippen MR) is 107 cm³/mol. The number of likely N-dealkylation sites (N-methyl/N-ethyl adjacent to an activating group) is 1. The number of hydrogen-bond donors (Lipinski definition) is 1. The van der Waals surface area contributed by atoms with Gasteiger partial charge in [-0.3, -0.25) is 5.01 Å². The summed E-state index contributed by atoms with van der Waals surface area (Å²) >= 11 is 3.55. The number of thiazole rings is 1. The normalized spacial score (nSPS) is 19.9. The molecule has 2 aliphatic heterocycles. The molecular weight excluding hydrogens is 350 g/mol. The Morgan fingerprint density at radius 1 is 1.16 bits per heavy atom. The first-order chi connectivity index (χ1) is 12.3. The van der Waals surface area contributed by atoms with E-state index in [-0.39, 0.29) is 0 Å². The smallest absolute Gasteiger partial charge is 0.186 e. The third kappa shape index (κ3) is 4.04. The molecule has 0 bridgehead atoms. The van der Waals surface area contributed by atoms with E-state index in [0.29, 0.717) is 0 Å². The lowest BCUT2D eigenvalue weighted by Gasteiger charge is -2.27. The molecular formula is C18H26N5S2+. The maximum atomic E-state index is 4.99. The number of rotatable bonds is 4. The number of quaternary nitrogens is 1. The molecule has 0 spiro atoms. The highest BCUT2D eigenvalue weighted by atomic mass is 32.1. The number of hydrazone groups is 1. The van der Waals surface area contributed by atoms with Crippen molar-refractivity contribution in [1.29, 1.82) is 0 Å². The number of nitrogens with one attached hydrogen (secondary N) is 1. The molecule has 0 aromatic carbocycles. The fourth-order valence-corrected chi connectivity index (χ4v) is 5.13. The number of hydrogen-bond acceptors (Lipinski definition) is 6. The zero-order valence-electron chi connectivity index (χ0n) is 14.8. The van der Waals surface area contributed by atoms with Crippen LogP contribution in [0.4, 0.5) is 5.13 Å². The van der Waals surface area contributed by atoms with Crippen molar-refractivity contribution in [3.05, 3.63) is 22.4 Å². The van der Waals surface area contributed by atoms with Crippen LogP contribution in [0.3, 0.4) is 0 Å². The minimum atomic E-state index is 1.04. The Bertz CT molecular complexity index is 695. The van der Waals surface area contributed by atoms with E-state index in [9.17, 15) is 0 Å². The summed E-state index contributed by atoms with van der Waals surface area (Å²) < 4.78 is 0. The molecule has 0 saturated carbocycles. The summed E-state index contributed by atoms with van der Waals surface area (Å²) in [6, 6.07) is 4.26. The average Bonchev–Trinajstić information content (AvgIpc) is 3.31. The number of piperazine rings is 1. The van der Waals surface area contributed by atoms with Gasteiger partial charge in [0.05, 0.1) is 49.2 Å². The van der Waals surface area contributed by atoms with Gasteiger partial charge in [0.1, 0.15) is 5.69 Å². The van der Waals surface area contributed by atoms with Gasteiger partial charge < -0.3 is 9.80 Å². The molecule has 2 saturated heterocycles. The summed E-state index contributed by atoms with van der Waals surface area (Å²) in [5.41, 5.74) is 1.10. The van der Waals surface area contributed by atoms with E-state index >= 15 is 0 Å². The van der Waals surface area contributed by atoms with E-state index in [0.717, 1.165) is 50.1 Å². The minimum Gasteiger partial charge on any atom is -0.348 e. The largest absolute Gasteiger partial charge is 0.348 e. The molecule has 2 aliphatic rings. The first kappa shape index (κ1) is 17.0. The molecule has 7 heteroatoms. The van der Waals surface area contributed by atoms with Crippen molar-refractivity contribution in [3.63, 3.8) is 0 Å². The van der Waals surface area contributed by atoms with Crippen molar-refractivity contribution in [1.82, 2.24) is 9.99 Å². The van der Waals surface area contributed by atoms with Crippen LogP contribution >= 0.6 is 22.7 Å². The quantitative estimate of drug-likeness (QED) is 0.830. The maximum absolute atomic E-state index is 4.99. The topological polar surface area (TPSA) is 36.2 Å². The van der Waals surface area contributed by atoms with Crippen LogP contribution in [0.5, 0.6) is 0 Å². The van der Waals surface area contributed by atoms with Gasteiger partial charge in [0.2, 0.25) is 0 Å². The highest BCUT2D eigenvalue weighted by molar-refractivity contribution is 7.18. The number of piperidine rings is 1. The van der Waals surface area contributed by atoms with Crippen LogP contribution < -0.4 is 9.80 Å². The molecule has 1 N–H and O–H groups in total. The molecule has 0 amide bonds. The molecule has 25 heavy (non-hydrogen) atoms. The Kier molecular flexibility index (Phi) is 5.33. The van der Waals surface area contributed by atoms with E-state index in [1.54, 1.807) is 27.6 Å². The fourth-order valence-electron chi connectivity index (χ4n) is 3.34. The van der Waals surface area contributed by atoms with Gasteiger partial charge in [-0.05, 0) is 30.7 Å². The summed E-state index contributed by atoms with van der Waals surface area (Å²) in [4.78, 5) is 11.5. The van der Waals surface area contributed by atoms with Gasteiger partial charge >= 0.3 is 0 Å². The zero-order valence-corrected chi connectivity index (χ0v) is 16.4. The monoisotopic (exact) mass is 376 g/mol. The lowest BCUT2D eigenvalue weighted by atomic mass is 10.1. The first-order valence-electron chi connectivity index (χ1n) is 9.19. The summed E-state index contributed by atoms with van der Waals surface area (Å²) in [6.07, 6.45) is 5.95. The SMILES string of the molecule is C[NH+]1CCN(/N=C\c2sc(N3CCCCC3)nc2-c2cccs2)CC1. The molecule has 4 heterocycles. The number of thiophene rings is 1. The molecule has 5 nitrogen and oxygen atoms in total. The summed E-state index contributed by atoms with van der Waals surface area (Å²) in [6.45, 7) is 6.67. The van der Waals surface area contributed by atoms with Crippen LogP contribution in [0.2, 0.25) is 0 Å². The Hall–Kier alpha value is -1.44. The molecule has 134 valence electrons. The first-order valence-corrected chi connectivity index (χ1v) is 10.9. The summed E-state index contributed by atoms with van der Waals surface area (Å²) in [5.74, 6) is 0. The van der Waals surface area contributed by atoms with Gasteiger partial charge in [-0.15, -0.1) is 11.3 Å². The Morgan fingerprint density at radius 3 is 2.68 bits per heavy atom. The van der Waals surface area contributed by atoms with Crippen molar-refractivity contribution in [2.24, 2.45) is 5.10 Å². The highest BCUT2D eigenvalue weighted by Gasteiger charge is 2.20. The van der Waals surface area contributed by atoms with Crippen LogP contribution in [0.25, 0.3) is 10.6 Å². The van der Waals surface area contributed by atoms with Gasteiger partial charge in [0.25, 0.3) is 0 Å². The van der Waals surface area contributed by atoms with Crippen molar-refractivity contribution >= 4 is 34.0 Å². The third-order valence-corrected chi connectivity index (χ3v) is 6.88. The fraction of sp³-hybridized carbons (Fsp3) is 0.556. The maximum Gasteiger partial charge on any atom is 0.186 e. The van der Waals surface area contributed by atoms with Crippen LogP contribution in [0, 0.1) is 0 Å².